The van der Waals surface area contributed by atoms with E-state index in [9.17, 15) is 9.59 Å². The highest BCUT2D eigenvalue weighted by Gasteiger charge is 2.39. The van der Waals surface area contributed by atoms with Crippen molar-refractivity contribution < 1.29 is 28.5 Å². The Balaban J connectivity index is 2.15. The molecule has 1 heterocycles. The van der Waals surface area contributed by atoms with Crippen molar-refractivity contribution in [2.45, 2.75) is 58.3 Å². The van der Waals surface area contributed by atoms with E-state index in [4.69, 9.17) is 14.2 Å². The number of hydrogen-bond acceptors (Lipinski definition) is 6. The molecule has 1 unspecified atom stereocenters. The fraction of sp³-hybridized carbons (Fsp3) is 0.500. The Hall–Kier alpha value is -2.60. The Morgan fingerprint density at radius 1 is 1.33 bits per heavy atom. The van der Waals surface area contributed by atoms with Gasteiger partial charge in [0.2, 0.25) is 0 Å². The summed E-state index contributed by atoms with van der Waals surface area (Å²) in [6.07, 6.45) is 4.67. The predicted octanol–water partition coefficient (Wildman–Crippen LogP) is 4.37. The molecular weight excluding hydrogens is 384 g/mol. The molecule has 6 heteroatoms. The minimum absolute atomic E-state index is 0.0530. The number of fused-ring (bicyclic) bond motifs is 1. The lowest BCUT2D eigenvalue weighted by Crippen LogP contribution is -2.49. The largest absolute Gasteiger partial charge is 0.487 e. The molecule has 6 nitrogen and oxygen atoms in total. The van der Waals surface area contributed by atoms with Crippen LogP contribution < -0.4 is 9.47 Å². The molecule has 0 saturated heterocycles. The molecule has 0 saturated carbocycles. The Bertz CT molecular complexity index is 821. The lowest BCUT2D eigenvalue weighted by molar-refractivity contribution is -0.143. The minimum atomic E-state index is -0.640. The lowest BCUT2D eigenvalue weighted by Gasteiger charge is -2.36. The third kappa shape index (κ3) is 6.20. The van der Waals surface area contributed by atoms with Crippen LogP contribution in [0, 0.1) is 5.92 Å². The first kappa shape index (κ1) is 23.7. The van der Waals surface area contributed by atoms with E-state index >= 15 is 0 Å². The van der Waals surface area contributed by atoms with Crippen LogP contribution in [0.1, 0.15) is 46.6 Å². The Kier molecular flexibility index (Phi) is 7.48. The van der Waals surface area contributed by atoms with Gasteiger partial charge in [0.05, 0.1) is 19.1 Å². The number of ketones is 1. The van der Waals surface area contributed by atoms with Crippen LogP contribution in [0.2, 0.25) is 0 Å². The van der Waals surface area contributed by atoms with Gasteiger partial charge in [-0.3, -0.25) is 9.59 Å². The fourth-order valence-electron chi connectivity index (χ4n) is 2.91. The SMILES string of the molecule is C=CC(C)(C)O[C@H]1COc2ccc(/C=C/C(=O)C(C)CC(=O)OC)cc2OC1(C)C. The van der Waals surface area contributed by atoms with Crippen molar-refractivity contribution >= 4 is 17.8 Å². The van der Waals surface area contributed by atoms with Crippen LogP contribution in [0.4, 0.5) is 0 Å². The van der Waals surface area contributed by atoms with E-state index in [2.05, 4.69) is 11.3 Å². The summed E-state index contributed by atoms with van der Waals surface area (Å²) in [5.41, 5.74) is -0.364. The van der Waals surface area contributed by atoms with E-state index in [1.54, 1.807) is 19.1 Å². The molecule has 0 radical (unpaired) electrons. The highest BCUT2D eigenvalue weighted by Crippen LogP contribution is 2.37. The van der Waals surface area contributed by atoms with Gasteiger partial charge < -0.3 is 18.9 Å². The van der Waals surface area contributed by atoms with Crippen molar-refractivity contribution in [2.75, 3.05) is 13.7 Å². The number of carbonyl (C=O) groups excluding carboxylic acids is 2. The van der Waals surface area contributed by atoms with Gasteiger partial charge in [0.1, 0.15) is 18.3 Å². The van der Waals surface area contributed by atoms with Gasteiger partial charge in [0, 0.05) is 5.92 Å². The van der Waals surface area contributed by atoms with Crippen LogP contribution in [0.3, 0.4) is 0 Å². The molecule has 2 rings (SSSR count). The number of allylic oxidation sites excluding steroid dienone is 1. The molecule has 30 heavy (non-hydrogen) atoms. The zero-order valence-electron chi connectivity index (χ0n) is 18.7. The molecule has 0 N–H and O–H groups in total. The van der Waals surface area contributed by atoms with Gasteiger partial charge in [-0.15, -0.1) is 6.58 Å². The first-order valence-electron chi connectivity index (χ1n) is 10.0. The van der Waals surface area contributed by atoms with Gasteiger partial charge in [-0.05, 0) is 51.5 Å². The topological polar surface area (TPSA) is 71.1 Å². The van der Waals surface area contributed by atoms with E-state index in [1.807, 2.05) is 45.9 Å². The van der Waals surface area contributed by atoms with E-state index in [0.29, 0.717) is 18.1 Å². The van der Waals surface area contributed by atoms with Gasteiger partial charge in [0.15, 0.2) is 17.3 Å². The summed E-state index contributed by atoms with van der Waals surface area (Å²) in [5.74, 6) is 0.207. The molecule has 1 aliphatic rings. The number of hydrogen-bond donors (Lipinski definition) is 0. The normalized spacial score (nSPS) is 19.1. The number of methoxy groups -OCH3 is 1. The van der Waals surface area contributed by atoms with Gasteiger partial charge in [-0.25, -0.2) is 0 Å². The molecular formula is C24H32O6. The van der Waals surface area contributed by atoms with E-state index in [0.717, 1.165) is 5.56 Å². The third-order valence-corrected chi connectivity index (χ3v) is 5.07. The molecule has 0 amide bonds. The summed E-state index contributed by atoms with van der Waals surface area (Å²) < 4.78 is 23.0. The summed E-state index contributed by atoms with van der Waals surface area (Å²) in [5, 5.41) is 0. The summed E-state index contributed by atoms with van der Waals surface area (Å²) >= 11 is 0. The van der Waals surface area contributed by atoms with Gasteiger partial charge >= 0.3 is 5.97 Å². The number of benzene rings is 1. The molecule has 1 aromatic rings. The monoisotopic (exact) mass is 416 g/mol. The molecule has 1 aromatic carbocycles. The second-order valence-electron chi connectivity index (χ2n) is 8.55. The second-order valence-corrected chi connectivity index (χ2v) is 8.55. The molecule has 164 valence electrons. The van der Waals surface area contributed by atoms with Crippen molar-refractivity contribution in [1.29, 1.82) is 0 Å². The van der Waals surface area contributed by atoms with Crippen LogP contribution in [-0.4, -0.2) is 42.8 Å². The molecule has 0 fully saturated rings. The van der Waals surface area contributed by atoms with Crippen LogP contribution >= 0.6 is 0 Å². The number of carbonyl (C=O) groups is 2. The van der Waals surface area contributed by atoms with Crippen LogP contribution in [0.25, 0.3) is 6.08 Å². The summed E-state index contributed by atoms with van der Waals surface area (Å²) in [6.45, 7) is 13.7. The fourth-order valence-corrected chi connectivity index (χ4v) is 2.91. The number of esters is 1. The van der Waals surface area contributed by atoms with Crippen molar-refractivity contribution in [3.63, 3.8) is 0 Å². The molecule has 1 aliphatic heterocycles. The predicted molar refractivity (Wildman–Crippen MR) is 116 cm³/mol. The maximum absolute atomic E-state index is 12.2. The standard InChI is InChI=1S/C24H32O6/c1-8-23(3,4)30-21-15-28-19-12-10-17(14-20(19)29-24(21,5)6)9-11-18(25)16(2)13-22(26)27-7/h8-12,14,16,21H,1,13,15H2,2-7H3/b11-9+/t16?,21-/m0/s1. The smallest absolute Gasteiger partial charge is 0.306 e. The summed E-state index contributed by atoms with van der Waals surface area (Å²) in [7, 11) is 1.31. The Morgan fingerprint density at radius 2 is 2.03 bits per heavy atom. The van der Waals surface area contributed by atoms with E-state index < -0.39 is 23.1 Å². The summed E-state index contributed by atoms with van der Waals surface area (Å²) in [4.78, 5) is 23.6. The third-order valence-electron chi connectivity index (χ3n) is 5.07. The van der Waals surface area contributed by atoms with Gasteiger partial charge in [-0.2, -0.15) is 0 Å². The van der Waals surface area contributed by atoms with Crippen molar-refractivity contribution in [1.82, 2.24) is 0 Å². The molecule has 0 aliphatic carbocycles. The van der Waals surface area contributed by atoms with Crippen LogP contribution in [0.15, 0.2) is 36.9 Å². The van der Waals surface area contributed by atoms with E-state index in [-0.39, 0.29) is 18.3 Å². The first-order valence-corrected chi connectivity index (χ1v) is 10.0. The quantitative estimate of drug-likeness (QED) is 0.356. The zero-order valence-corrected chi connectivity index (χ0v) is 18.7. The van der Waals surface area contributed by atoms with Crippen molar-refractivity contribution in [2.24, 2.45) is 5.92 Å². The molecule has 0 spiro atoms. The highest BCUT2D eigenvalue weighted by molar-refractivity contribution is 5.96. The summed E-state index contributed by atoms with van der Waals surface area (Å²) in [6, 6.07) is 5.49. The van der Waals surface area contributed by atoms with Gasteiger partial charge in [-0.1, -0.05) is 25.1 Å². The maximum atomic E-state index is 12.2. The molecule has 0 aromatic heterocycles. The number of ether oxygens (including phenoxy) is 4. The van der Waals surface area contributed by atoms with Crippen molar-refractivity contribution in [3.8, 4) is 11.5 Å². The van der Waals surface area contributed by atoms with Gasteiger partial charge in [0.25, 0.3) is 0 Å². The van der Waals surface area contributed by atoms with Crippen molar-refractivity contribution in [3.05, 3.63) is 42.5 Å². The minimum Gasteiger partial charge on any atom is -0.487 e. The first-order chi connectivity index (χ1) is 14.0. The van der Waals surface area contributed by atoms with Crippen LogP contribution in [-0.2, 0) is 19.1 Å². The second kappa shape index (κ2) is 9.47. The average molecular weight is 417 g/mol. The van der Waals surface area contributed by atoms with E-state index in [1.165, 1.54) is 13.2 Å². The maximum Gasteiger partial charge on any atom is 0.306 e. The Morgan fingerprint density at radius 3 is 2.67 bits per heavy atom. The number of rotatable bonds is 8. The lowest BCUT2D eigenvalue weighted by atomic mass is 10.00. The molecule has 2 atom stereocenters. The highest BCUT2D eigenvalue weighted by atomic mass is 16.6. The Labute approximate surface area is 178 Å². The average Bonchev–Trinajstić information content (AvgIpc) is 2.80. The molecule has 0 bridgehead atoms. The zero-order chi connectivity index (χ0) is 22.5. The van der Waals surface area contributed by atoms with Crippen LogP contribution in [0.5, 0.6) is 11.5 Å².